The molecule has 0 radical (unpaired) electrons. The first-order valence-corrected chi connectivity index (χ1v) is 11.0. The summed E-state index contributed by atoms with van der Waals surface area (Å²) in [5.41, 5.74) is 6.53. The maximum absolute atomic E-state index is 10.7. The molecule has 4 N–H and O–H groups in total. The van der Waals surface area contributed by atoms with E-state index in [-0.39, 0.29) is 0 Å². The predicted octanol–water partition coefficient (Wildman–Crippen LogP) is 1.61. The molecule has 0 amide bonds. The molecule has 5 atom stereocenters. The largest absolute Gasteiger partial charge is 0.497 e. The fourth-order valence-corrected chi connectivity index (χ4v) is 5.08. The molecule has 32 heavy (non-hydrogen) atoms. The Morgan fingerprint density at radius 1 is 0.938 bits per heavy atom. The molecule has 7 nitrogen and oxygen atoms in total. The van der Waals surface area contributed by atoms with E-state index < -0.39 is 37.1 Å². The van der Waals surface area contributed by atoms with Crippen molar-refractivity contribution < 1.29 is 34.6 Å². The van der Waals surface area contributed by atoms with Crippen LogP contribution in [-0.4, -0.2) is 65.7 Å². The SMILES string of the molecule is COc1ccc(Cc2cc([C@@H]3O[C@H](CO)C(O)[C@H](O)[C@@H]3O)c(C)c3c2CCC3)c(OC)c1. The van der Waals surface area contributed by atoms with Crippen LogP contribution in [0.15, 0.2) is 24.3 Å². The first-order valence-electron chi connectivity index (χ1n) is 11.0. The second kappa shape index (κ2) is 9.37. The molecule has 7 heteroatoms. The van der Waals surface area contributed by atoms with Crippen LogP contribution in [0.25, 0.3) is 0 Å². The van der Waals surface area contributed by atoms with Crippen molar-refractivity contribution in [2.75, 3.05) is 20.8 Å². The van der Waals surface area contributed by atoms with Crippen molar-refractivity contribution in [3.8, 4) is 11.5 Å². The Labute approximate surface area is 188 Å². The standard InChI is InChI=1S/C25H32O7/c1-13-17-5-4-6-18(17)15(9-14-7-8-16(30-2)11-20(14)31-3)10-19(13)25-24(29)23(28)22(27)21(12-26)32-25/h7-8,10-11,21-29H,4-6,9,12H2,1-3H3/t21-,22?,23+,24+,25+/m1/s1. The molecule has 1 unspecified atom stereocenters. The van der Waals surface area contributed by atoms with E-state index in [1.807, 2.05) is 31.2 Å². The Hall–Kier alpha value is -2.16. The van der Waals surface area contributed by atoms with Gasteiger partial charge in [0.1, 0.15) is 42.0 Å². The number of benzene rings is 2. The van der Waals surface area contributed by atoms with Gasteiger partial charge in [0.2, 0.25) is 0 Å². The van der Waals surface area contributed by atoms with Crippen LogP contribution in [0.2, 0.25) is 0 Å². The lowest BCUT2D eigenvalue weighted by Crippen LogP contribution is -2.55. The molecule has 1 aliphatic carbocycles. The maximum atomic E-state index is 10.7. The van der Waals surface area contributed by atoms with Gasteiger partial charge in [-0.05, 0) is 65.6 Å². The molecule has 1 heterocycles. The fraction of sp³-hybridized carbons (Fsp3) is 0.520. The molecule has 0 saturated carbocycles. The molecule has 0 aromatic heterocycles. The Bertz CT molecular complexity index is 971. The summed E-state index contributed by atoms with van der Waals surface area (Å²) in [5.74, 6) is 1.47. The lowest BCUT2D eigenvalue weighted by Gasteiger charge is -2.41. The average Bonchev–Trinajstić information content (AvgIpc) is 3.31. The number of rotatable bonds is 6. The number of aliphatic hydroxyl groups excluding tert-OH is 4. The maximum Gasteiger partial charge on any atom is 0.126 e. The van der Waals surface area contributed by atoms with Gasteiger partial charge in [-0.2, -0.15) is 0 Å². The fourth-order valence-electron chi connectivity index (χ4n) is 5.08. The van der Waals surface area contributed by atoms with Gasteiger partial charge >= 0.3 is 0 Å². The van der Waals surface area contributed by atoms with Gasteiger partial charge in [0.25, 0.3) is 0 Å². The van der Waals surface area contributed by atoms with Gasteiger partial charge in [-0.3, -0.25) is 0 Å². The van der Waals surface area contributed by atoms with Crippen molar-refractivity contribution in [2.24, 2.45) is 0 Å². The van der Waals surface area contributed by atoms with Gasteiger partial charge in [-0.1, -0.05) is 12.1 Å². The van der Waals surface area contributed by atoms with Gasteiger partial charge in [0, 0.05) is 12.5 Å². The molecule has 1 saturated heterocycles. The molecule has 0 spiro atoms. The van der Waals surface area contributed by atoms with Crippen molar-refractivity contribution in [2.45, 2.75) is 63.1 Å². The zero-order valence-electron chi connectivity index (χ0n) is 18.7. The van der Waals surface area contributed by atoms with E-state index >= 15 is 0 Å². The van der Waals surface area contributed by atoms with E-state index in [0.29, 0.717) is 6.42 Å². The quantitative estimate of drug-likeness (QED) is 0.536. The summed E-state index contributed by atoms with van der Waals surface area (Å²) in [7, 11) is 3.26. The van der Waals surface area contributed by atoms with E-state index in [2.05, 4.69) is 0 Å². The Morgan fingerprint density at radius 2 is 1.69 bits per heavy atom. The summed E-state index contributed by atoms with van der Waals surface area (Å²) in [6.07, 6.45) is -2.22. The first-order chi connectivity index (χ1) is 15.4. The second-order valence-corrected chi connectivity index (χ2v) is 8.66. The molecule has 1 aliphatic heterocycles. The van der Waals surface area contributed by atoms with Gasteiger partial charge < -0.3 is 34.6 Å². The van der Waals surface area contributed by atoms with E-state index in [1.165, 1.54) is 11.1 Å². The van der Waals surface area contributed by atoms with Crippen molar-refractivity contribution in [1.29, 1.82) is 0 Å². The number of methoxy groups -OCH3 is 2. The third-order valence-corrected chi connectivity index (χ3v) is 6.89. The van der Waals surface area contributed by atoms with Crippen LogP contribution in [0, 0.1) is 6.92 Å². The van der Waals surface area contributed by atoms with Crippen molar-refractivity contribution in [3.05, 3.63) is 57.6 Å². The van der Waals surface area contributed by atoms with Gasteiger partial charge in [0.05, 0.1) is 20.8 Å². The molecule has 2 aromatic rings. The number of aliphatic hydroxyl groups is 4. The van der Waals surface area contributed by atoms with Crippen molar-refractivity contribution in [1.82, 2.24) is 0 Å². The highest BCUT2D eigenvalue weighted by molar-refractivity contribution is 5.52. The number of fused-ring (bicyclic) bond motifs is 1. The van der Waals surface area contributed by atoms with Crippen molar-refractivity contribution >= 4 is 0 Å². The molecular formula is C25H32O7. The van der Waals surface area contributed by atoms with Crippen LogP contribution in [-0.2, 0) is 24.0 Å². The minimum Gasteiger partial charge on any atom is -0.497 e. The molecule has 0 bridgehead atoms. The summed E-state index contributed by atoms with van der Waals surface area (Å²) >= 11 is 0. The minimum atomic E-state index is -1.40. The van der Waals surface area contributed by atoms with Crippen LogP contribution in [0.4, 0.5) is 0 Å². The third-order valence-electron chi connectivity index (χ3n) is 6.89. The number of hydrogen-bond donors (Lipinski definition) is 4. The summed E-state index contributed by atoms with van der Waals surface area (Å²) in [4.78, 5) is 0. The molecule has 1 fully saturated rings. The smallest absolute Gasteiger partial charge is 0.126 e. The molecule has 2 aromatic carbocycles. The number of ether oxygens (including phenoxy) is 3. The average molecular weight is 445 g/mol. The zero-order valence-corrected chi connectivity index (χ0v) is 18.7. The summed E-state index contributed by atoms with van der Waals surface area (Å²) < 4.78 is 16.8. The van der Waals surface area contributed by atoms with Gasteiger partial charge in [-0.15, -0.1) is 0 Å². The minimum absolute atomic E-state index is 0.443. The van der Waals surface area contributed by atoms with E-state index in [0.717, 1.165) is 53.0 Å². The molecule has 4 rings (SSSR count). The Kier molecular flexibility index (Phi) is 6.74. The van der Waals surface area contributed by atoms with Crippen LogP contribution in [0.1, 0.15) is 45.9 Å². The summed E-state index contributed by atoms with van der Waals surface area (Å²) in [6.45, 7) is 1.57. The van der Waals surface area contributed by atoms with Crippen LogP contribution in [0.3, 0.4) is 0 Å². The van der Waals surface area contributed by atoms with Crippen LogP contribution >= 0.6 is 0 Å². The number of hydrogen-bond acceptors (Lipinski definition) is 7. The molecule has 174 valence electrons. The monoisotopic (exact) mass is 444 g/mol. The van der Waals surface area contributed by atoms with E-state index in [9.17, 15) is 20.4 Å². The van der Waals surface area contributed by atoms with Gasteiger partial charge in [0.15, 0.2) is 0 Å². The van der Waals surface area contributed by atoms with E-state index in [1.54, 1.807) is 14.2 Å². The van der Waals surface area contributed by atoms with Crippen LogP contribution in [0.5, 0.6) is 11.5 Å². The normalized spacial score (nSPS) is 27.3. The van der Waals surface area contributed by atoms with Gasteiger partial charge in [-0.25, -0.2) is 0 Å². The Balaban J connectivity index is 1.76. The second-order valence-electron chi connectivity index (χ2n) is 8.66. The topological polar surface area (TPSA) is 109 Å². The van der Waals surface area contributed by atoms with Crippen LogP contribution < -0.4 is 9.47 Å². The lowest BCUT2D eigenvalue weighted by molar-refractivity contribution is -0.231. The van der Waals surface area contributed by atoms with Crippen molar-refractivity contribution in [3.63, 3.8) is 0 Å². The Morgan fingerprint density at radius 3 is 2.38 bits per heavy atom. The third kappa shape index (κ3) is 4.00. The highest BCUT2D eigenvalue weighted by atomic mass is 16.5. The predicted molar refractivity (Wildman–Crippen MR) is 118 cm³/mol. The highest BCUT2D eigenvalue weighted by Crippen LogP contribution is 2.40. The molecule has 2 aliphatic rings. The lowest BCUT2D eigenvalue weighted by atomic mass is 9.84. The molecular weight excluding hydrogens is 412 g/mol. The zero-order chi connectivity index (χ0) is 23.0. The van der Waals surface area contributed by atoms with E-state index in [4.69, 9.17) is 14.2 Å². The summed E-state index contributed by atoms with van der Waals surface area (Å²) in [6, 6.07) is 7.80. The first kappa shape index (κ1) is 23.0. The summed E-state index contributed by atoms with van der Waals surface area (Å²) in [5, 5.41) is 40.8. The highest BCUT2D eigenvalue weighted by Gasteiger charge is 2.44.